The van der Waals surface area contributed by atoms with Crippen LogP contribution in [-0.2, 0) is 16.1 Å². The molecule has 146 valence electrons. The lowest BCUT2D eigenvalue weighted by molar-refractivity contribution is -0.137. The van der Waals surface area contributed by atoms with Crippen LogP contribution in [0.1, 0.15) is 22.8 Å². The van der Waals surface area contributed by atoms with Crippen LogP contribution in [0.3, 0.4) is 0 Å². The van der Waals surface area contributed by atoms with E-state index in [9.17, 15) is 18.4 Å². The second kappa shape index (κ2) is 9.40. The molecular weight excluding hydrogens is 368 g/mol. The number of hydrogen-bond acceptors (Lipinski definition) is 5. The Bertz CT molecular complexity index is 917. The van der Waals surface area contributed by atoms with E-state index in [0.29, 0.717) is 0 Å². The third-order valence-electron chi connectivity index (χ3n) is 3.71. The fraction of sp³-hybridized carbons (Fsp3) is 0.150. The first-order valence-electron chi connectivity index (χ1n) is 8.26. The molecule has 0 amide bonds. The lowest BCUT2D eigenvalue weighted by Crippen LogP contribution is -2.28. The van der Waals surface area contributed by atoms with Crippen molar-refractivity contribution < 1.29 is 23.1 Å². The Hall–Kier alpha value is -3.55. The summed E-state index contributed by atoms with van der Waals surface area (Å²) in [5.41, 5.74) is 11.4. The summed E-state index contributed by atoms with van der Waals surface area (Å²) in [5, 5.41) is 0. The molecule has 8 heteroatoms. The molecule has 0 aliphatic rings. The average molecular weight is 387 g/mol. The maximum absolute atomic E-state index is 13.6. The maximum atomic E-state index is 13.6. The second-order valence-corrected chi connectivity index (χ2v) is 5.84. The zero-order chi connectivity index (χ0) is 20.7. The van der Waals surface area contributed by atoms with Gasteiger partial charge in [-0.25, -0.2) is 13.6 Å². The van der Waals surface area contributed by atoms with Crippen LogP contribution in [0.25, 0.3) is 0 Å². The van der Waals surface area contributed by atoms with Crippen LogP contribution in [0.5, 0.6) is 0 Å². The number of benzene rings is 2. The van der Waals surface area contributed by atoms with E-state index in [0.717, 1.165) is 23.8 Å². The molecule has 4 N–H and O–H groups in total. The molecule has 2 aromatic rings. The number of hydrogen-bond donors (Lipinski definition) is 2. The van der Waals surface area contributed by atoms with Gasteiger partial charge >= 0.3 is 5.97 Å². The molecule has 0 bridgehead atoms. The van der Waals surface area contributed by atoms with Crippen molar-refractivity contribution in [2.45, 2.75) is 13.5 Å². The topological polar surface area (TPSA) is 108 Å². The van der Waals surface area contributed by atoms with Crippen molar-refractivity contribution >= 4 is 17.6 Å². The van der Waals surface area contributed by atoms with Gasteiger partial charge in [0.05, 0.1) is 12.1 Å². The van der Waals surface area contributed by atoms with Crippen molar-refractivity contribution in [3.8, 4) is 0 Å². The summed E-state index contributed by atoms with van der Waals surface area (Å²) in [6.07, 6.45) is 0. The third kappa shape index (κ3) is 5.23. The molecule has 0 saturated heterocycles. The van der Waals surface area contributed by atoms with E-state index in [1.165, 1.54) is 6.92 Å². The fourth-order valence-corrected chi connectivity index (χ4v) is 2.35. The Morgan fingerprint density at radius 3 is 2.18 bits per heavy atom. The minimum absolute atomic E-state index is 0.0313. The number of ether oxygens (including phenoxy) is 1. The molecule has 2 rings (SSSR count). The van der Waals surface area contributed by atoms with Gasteiger partial charge in [0.15, 0.2) is 6.61 Å². The molecular formula is C20H19F2N3O3. The molecule has 0 aliphatic heterocycles. The molecule has 0 spiro atoms. The highest BCUT2D eigenvalue weighted by Crippen LogP contribution is 2.13. The smallest absolute Gasteiger partial charge is 0.344 e. The van der Waals surface area contributed by atoms with Gasteiger partial charge in [-0.05, 0) is 24.6 Å². The van der Waals surface area contributed by atoms with Gasteiger partial charge in [0, 0.05) is 5.70 Å². The summed E-state index contributed by atoms with van der Waals surface area (Å²) in [5.74, 6) is -4.30. The van der Waals surface area contributed by atoms with Gasteiger partial charge in [0.25, 0.3) is 0 Å². The molecule has 2 aromatic carbocycles. The number of Topliss-reactive ketones (excluding diaryl/α,β-unsaturated/α-hetero) is 1. The van der Waals surface area contributed by atoms with E-state index in [1.807, 2.05) is 30.3 Å². The van der Waals surface area contributed by atoms with Gasteiger partial charge < -0.3 is 16.2 Å². The first kappa shape index (κ1) is 20.8. The number of aliphatic imine (C=N–C) groups is 1. The van der Waals surface area contributed by atoms with Crippen LogP contribution in [0.2, 0.25) is 0 Å². The first-order chi connectivity index (χ1) is 13.3. The van der Waals surface area contributed by atoms with Crippen molar-refractivity contribution in [2.24, 2.45) is 16.5 Å². The molecule has 0 fully saturated rings. The largest absolute Gasteiger partial charge is 0.454 e. The summed E-state index contributed by atoms with van der Waals surface area (Å²) >= 11 is 0. The highest BCUT2D eigenvalue weighted by Gasteiger charge is 2.22. The number of esters is 1. The predicted octanol–water partition coefficient (Wildman–Crippen LogP) is 2.48. The fourth-order valence-electron chi connectivity index (χ4n) is 2.35. The molecule has 0 radical (unpaired) electrons. The minimum atomic E-state index is -1.05. The number of amidine groups is 1. The Kier molecular flexibility index (Phi) is 6.97. The van der Waals surface area contributed by atoms with Crippen molar-refractivity contribution in [2.75, 3.05) is 6.61 Å². The molecule has 0 unspecified atom stereocenters. The van der Waals surface area contributed by atoms with Gasteiger partial charge in [0.1, 0.15) is 23.0 Å². The van der Waals surface area contributed by atoms with Gasteiger partial charge in [-0.1, -0.05) is 36.4 Å². The summed E-state index contributed by atoms with van der Waals surface area (Å²) in [7, 11) is 0. The van der Waals surface area contributed by atoms with Gasteiger partial charge in [0.2, 0.25) is 5.78 Å². The van der Waals surface area contributed by atoms with Crippen molar-refractivity contribution in [3.05, 3.63) is 82.6 Å². The predicted molar refractivity (Wildman–Crippen MR) is 100 cm³/mol. The summed E-state index contributed by atoms with van der Waals surface area (Å²) in [4.78, 5) is 28.4. The number of nitrogens with zero attached hydrogens (tertiary/aromatic N) is 1. The highest BCUT2D eigenvalue weighted by atomic mass is 19.1. The Morgan fingerprint density at radius 1 is 1.00 bits per heavy atom. The zero-order valence-corrected chi connectivity index (χ0v) is 15.1. The van der Waals surface area contributed by atoms with E-state index in [-0.39, 0.29) is 23.7 Å². The van der Waals surface area contributed by atoms with Gasteiger partial charge in [-0.15, -0.1) is 0 Å². The highest BCUT2D eigenvalue weighted by molar-refractivity contribution is 6.19. The normalized spacial score (nSPS) is 12.3. The number of rotatable bonds is 7. The Labute approximate surface area is 160 Å². The van der Waals surface area contributed by atoms with Crippen molar-refractivity contribution in [1.82, 2.24) is 0 Å². The number of nitrogens with two attached hydrogens (primary N) is 2. The van der Waals surface area contributed by atoms with E-state index in [1.54, 1.807) is 0 Å². The van der Waals surface area contributed by atoms with Gasteiger partial charge in [-0.2, -0.15) is 0 Å². The molecule has 0 aliphatic carbocycles. The van der Waals surface area contributed by atoms with Crippen LogP contribution in [0, 0.1) is 11.6 Å². The van der Waals surface area contributed by atoms with E-state index >= 15 is 0 Å². The van der Waals surface area contributed by atoms with Crippen LogP contribution in [-0.4, -0.2) is 24.2 Å². The van der Waals surface area contributed by atoms with Crippen LogP contribution in [0.4, 0.5) is 8.78 Å². The molecule has 0 heterocycles. The van der Waals surface area contributed by atoms with Crippen molar-refractivity contribution in [3.63, 3.8) is 0 Å². The number of halogens is 2. The summed E-state index contributed by atoms with van der Waals surface area (Å²) in [6, 6.07) is 12.1. The van der Waals surface area contributed by atoms with Crippen LogP contribution in [0.15, 0.2) is 64.8 Å². The standard InChI is InChI=1S/C20H19F2N3O3/c1-12(23)17(19(24)25-10-13-6-3-2-4-7-13)20(27)28-11-16(26)18-14(21)8-5-9-15(18)22/h2-9H,10-11,23H2,1H3,(H2,24,25)/b17-12+. The van der Waals surface area contributed by atoms with Crippen molar-refractivity contribution in [1.29, 1.82) is 0 Å². The second-order valence-electron chi connectivity index (χ2n) is 5.84. The molecule has 0 saturated carbocycles. The average Bonchev–Trinajstić information content (AvgIpc) is 2.65. The van der Waals surface area contributed by atoms with Crippen LogP contribution >= 0.6 is 0 Å². The third-order valence-corrected chi connectivity index (χ3v) is 3.71. The quantitative estimate of drug-likeness (QED) is 0.249. The number of carbonyl (C=O) groups is 2. The Morgan fingerprint density at radius 2 is 1.61 bits per heavy atom. The van der Waals surface area contributed by atoms with E-state index in [4.69, 9.17) is 16.2 Å². The number of ketones is 1. The van der Waals surface area contributed by atoms with E-state index < -0.39 is 35.6 Å². The molecule has 0 aromatic heterocycles. The SMILES string of the molecule is C/C(N)=C(\C(=O)OCC(=O)c1c(F)cccc1F)C(N)=NCc1ccccc1. The maximum Gasteiger partial charge on any atom is 0.344 e. The molecule has 6 nitrogen and oxygen atoms in total. The summed E-state index contributed by atoms with van der Waals surface area (Å²) in [6.45, 7) is 0.745. The molecule has 0 atom stereocenters. The number of allylic oxidation sites excluding steroid dienone is 1. The first-order valence-corrected chi connectivity index (χ1v) is 8.26. The lowest BCUT2D eigenvalue weighted by atomic mass is 10.1. The number of carbonyl (C=O) groups excluding carboxylic acids is 2. The van der Waals surface area contributed by atoms with E-state index in [2.05, 4.69) is 4.99 Å². The van der Waals surface area contributed by atoms with Crippen LogP contribution < -0.4 is 11.5 Å². The zero-order valence-electron chi connectivity index (χ0n) is 15.1. The monoisotopic (exact) mass is 387 g/mol. The summed E-state index contributed by atoms with van der Waals surface area (Å²) < 4.78 is 32.1. The molecule has 28 heavy (non-hydrogen) atoms. The lowest BCUT2D eigenvalue weighted by Gasteiger charge is -2.10. The van der Waals surface area contributed by atoms with Gasteiger partial charge in [-0.3, -0.25) is 9.79 Å². The Balaban J connectivity index is 2.09. The minimum Gasteiger partial charge on any atom is -0.454 e.